The second-order valence-electron chi connectivity index (χ2n) is 5.84. The van der Waals surface area contributed by atoms with E-state index in [2.05, 4.69) is 17.2 Å². The first kappa shape index (κ1) is 11.7. The Kier molecular flexibility index (Phi) is 3.06. The van der Waals surface area contributed by atoms with Gasteiger partial charge in [-0.2, -0.15) is 0 Å². The van der Waals surface area contributed by atoms with Gasteiger partial charge in [0.1, 0.15) is 0 Å². The molecule has 2 saturated carbocycles. The van der Waals surface area contributed by atoms with Crippen LogP contribution >= 0.6 is 0 Å². The van der Waals surface area contributed by atoms with Crippen LogP contribution < -0.4 is 5.32 Å². The number of nitrogens with zero attached hydrogens (tertiary/aromatic N) is 1. The van der Waals surface area contributed by atoms with Crippen molar-refractivity contribution < 1.29 is 4.79 Å². The van der Waals surface area contributed by atoms with Crippen molar-refractivity contribution in [2.75, 3.05) is 0 Å². The Morgan fingerprint density at radius 3 is 2.72 bits per heavy atom. The predicted molar refractivity (Wildman–Crippen MR) is 70.1 cm³/mol. The normalized spacial score (nSPS) is 31.3. The number of fused-ring (bicyclic) bond motifs is 2. The van der Waals surface area contributed by atoms with Gasteiger partial charge in [-0.15, -0.1) is 0 Å². The minimum atomic E-state index is 0.0349. The van der Waals surface area contributed by atoms with Crippen molar-refractivity contribution in [3.05, 3.63) is 30.1 Å². The lowest BCUT2D eigenvalue weighted by atomic mass is 9.84. The van der Waals surface area contributed by atoms with Crippen LogP contribution in [0.15, 0.2) is 24.5 Å². The molecule has 96 valence electrons. The zero-order valence-corrected chi connectivity index (χ0v) is 10.8. The van der Waals surface area contributed by atoms with Gasteiger partial charge in [0.2, 0.25) is 0 Å². The molecule has 0 saturated heterocycles. The standard InChI is InChI=1S/C15H20N2O/c1-10(14-9-11-2-3-13(14)8-11)17-15(18)12-4-6-16-7-5-12/h4-7,10-11,13-14H,2-3,8-9H2,1H3,(H,17,18). The van der Waals surface area contributed by atoms with Crippen molar-refractivity contribution in [1.82, 2.24) is 10.3 Å². The van der Waals surface area contributed by atoms with E-state index in [0.717, 1.165) is 11.8 Å². The van der Waals surface area contributed by atoms with E-state index in [0.29, 0.717) is 17.5 Å². The fraction of sp³-hybridized carbons (Fsp3) is 0.600. The molecule has 1 aromatic rings. The first-order valence-corrected chi connectivity index (χ1v) is 6.95. The average Bonchev–Trinajstić information content (AvgIpc) is 3.02. The molecule has 18 heavy (non-hydrogen) atoms. The molecule has 0 aliphatic heterocycles. The molecule has 2 aliphatic rings. The van der Waals surface area contributed by atoms with E-state index < -0.39 is 0 Å². The van der Waals surface area contributed by atoms with Crippen molar-refractivity contribution in [2.45, 2.75) is 38.6 Å². The molecule has 4 atom stereocenters. The van der Waals surface area contributed by atoms with Gasteiger partial charge in [-0.1, -0.05) is 6.42 Å². The second kappa shape index (κ2) is 4.71. The molecule has 2 bridgehead atoms. The molecule has 1 N–H and O–H groups in total. The van der Waals surface area contributed by atoms with Crippen LogP contribution in [0.2, 0.25) is 0 Å². The Balaban J connectivity index is 1.61. The largest absolute Gasteiger partial charge is 0.349 e. The number of carbonyl (C=O) groups is 1. The van der Waals surface area contributed by atoms with Crippen LogP contribution in [-0.4, -0.2) is 16.9 Å². The zero-order chi connectivity index (χ0) is 12.5. The number of carbonyl (C=O) groups excluding carboxylic acids is 1. The summed E-state index contributed by atoms with van der Waals surface area (Å²) in [4.78, 5) is 16.0. The number of aromatic nitrogens is 1. The number of rotatable bonds is 3. The fourth-order valence-electron chi connectivity index (χ4n) is 3.81. The SMILES string of the molecule is CC(NC(=O)c1ccncc1)C1CC2CCC1C2. The van der Waals surface area contributed by atoms with E-state index in [1.165, 1.54) is 25.7 Å². The Morgan fingerprint density at radius 2 is 2.11 bits per heavy atom. The molecule has 2 aliphatic carbocycles. The predicted octanol–water partition coefficient (Wildman–Crippen LogP) is 2.64. The molecule has 0 spiro atoms. The van der Waals surface area contributed by atoms with Gasteiger partial charge >= 0.3 is 0 Å². The minimum Gasteiger partial charge on any atom is -0.349 e. The highest BCUT2D eigenvalue weighted by Gasteiger charge is 2.42. The Labute approximate surface area is 108 Å². The molecule has 2 fully saturated rings. The first-order valence-electron chi connectivity index (χ1n) is 6.95. The third-order valence-corrected chi connectivity index (χ3v) is 4.74. The summed E-state index contributed by atoms with van der Waals surface area (Å²) in [6.45, 7) is 2.16. The average molecular weight is 244 g/mol. The maximum absolute atomic E-state index is 12.1. The zero-order valence-electron chi connectivity index (χ0n) is 10.8. The summed E-state index contributed by atoms with van der Waals surface area (Å²) >= 11 is 0. The molecule has 4 unspecified atom stereocenters. The van der Waals surface area contributed by atoms with Crippen LogP contribution in [-0.2, 0) is 0 Å². The Morgan fingerprint density at radius 1 is 1.33 bits per heavy atom. The number of nitrogens with one attached hydrogen (secondary N) is 1. The molecule has 0 aromatic carbocycles. The second-order valence-corrected chi connectivity index (χ2v) is 5.84. The maximum atomic E-state index is 12.1. The number of hydrogen-bond donors (Lipinski definition) is 1. The summed E-state index contributed by atoms with van der Waals surface area (Å²) < 4.78 is 0. The molecule has 3 nitrogen and oxygen atoms in total. The van der Waals surface area contributed by atoms with Gasteiger partial charge in [0, 0.05) is 24.0 Å². The third kappa shape index (κ3) is 2.14. The van der Waals surface area contributed by atoms with Gasteiger partial charge in [-0.3, -0.25) is 9.78 Å². The van der Waals surface area contributed by atoms with E-state index in [4.69, 9.17) is 0 Å². The van der Waals surface area contributed by atoms with Gasteiger partial charge < -0.3 is 5.32 Å². The highest BCUT2D eigenvalue weighted by Crippen LogP contribution is 2.49. The highest BCUT2D eigenvalue weighted by atomic mass is 16.1. The summed E-state index contributed by atoms with van der Waals surface area (Å²) in [5, 5.41) is 3.16. The Hall–Kier alpha value is -1.38. The molecule has 1 amide bonds. The van der Waals surface area contributed by atoms with Crippen LogP contribution in [0.3, 0.4) is 0 Å². The van der Waals surface area contributed by atoms with E-state index in [1.54, 1.807) is 24.5 Å². The number of hydrogen-bond acceptors (Lipinski definition) is 2. The van der Waals surface area contributed by atoms with E-state index in [9.17, 15) is 4.79 Å². The molecular formula is C15H20N2O. The van der Waals surface area contributed by atoms with Crippen LogP contribution in [0.4, 0.5) is 0 Å². The maximum Gasteiger partial charge on any atom is 0.251 e. The molecule has 1 aromatic heterocycles. The Bertz CT molecular complexity index is 431. The first-order chi connectivity index (χ1) is 8.74. The van der Waals surface area contributed by atoms with Crippen molar-refractivity contribution in [2.24, 2.45) is 17.8 Å². The van der Waals surface area contributed by atoms with Crippen molar-refractivity contribution in [3.8, 4) is 0 Å². The summed E-state index contributed by atoms with van der Waals surface area (Å²) in [5.74, 6) is 2.50. The highest BCUT2D eigenvalue weighted by molar-refractivity contribution is 5.94. The summed E-state index contributed by atoms with van der Waals surface area (Å²) in [5.41, 5.74) is 0.708. The monoisotopic (exact) mass is 244 g/mol. The topological polar surface area (TPSA) is 42.0 Å². The van der Waals surface area contributed by atoms with Crippen LogP contribution in [0.1, 0.15) is 43.0 Å². The summed E-state index contributed by atoms with van der Waals surface area (Å²) in [6, 6.07) is 3.83. The molecule has 1 heterocycles. The van der Waals surface area contributed by atoms with Gasteiger partial charge in [0.25, 0.3) is 5.91 Å². The lowest BCUT2D eigenvalue weighted by Gasteiger charge is -2.28. The van der Waals surface area contributed by atoms with Crippen LogP contribution in [0.25, 0.3) is 0 Å². The van der Waals surface area contributed by atoms with E-state index in [1.807, 2.05) is 0 Å². The smallest absolute Gasteiger partial charge is 0.251 e. The number of amides is 1. The van der Waals surface area contributed by atoms with Crippen LogP contribution in [0.5, 0.6) is 0 Å². The van der Waals surface area contributed by atoms with Gasteiger partial charge in [0.15, 0.2) is 0 Å². The lowest BCUT2D eigenvalue weighted by molar-refractivity contribution is 0.0915. The summed E-state index contributed by atoms with van der Waals surface area (Å²) in [6.07, 6.45) is 8.80. The van der Waals surface area contributed by atoms with Crippen molar-refractivity contribution in [3.63, 3.8) is 0 Å². The molecule has 3 rings (SSSR count). The van der Waals surface area contributed by atoms with Crippen molar-refractivity contribution >= 4 is 5.91 Å². The molecular weight excluding hydrogens is 224 g/mol. The fourth-order valence-corrected chi connectivity index (χ4v) is 3.81. The molecule has 3 heteroatoms. The van der Waals surface area contributed by atoms with Gasteiger partial charge in [-0.05, 0) is 56.1 Å². The van der Waals surface area contributed by atoms with E-state index in [-0.39, 0.29) is 5.91 Å². The van der Waals surface area contributed by atoms with Crippen molar-refractivity contribution in [1.29, 1.82) is 0 Å². The summed E-state index contributed by atoms with van der Waals surface area (Å²) in [7, 11) is 0. The lowest BCUT2D eigenvalue weighted by Crippen LogP contribution is -2.40. The third-order valence-electron chi connectivity index (χ3n) is 4.74. The minimum absolute atomic E-state index is 0.0349. The number of pyridine rings is 1. The molecule has 0 radical (unpaired) electrons. The van der Waals surface area contributed by atoms with E-state index >= 15 is 0 Å². The van der Waals surface area contributed by atoms with Gasteiger partial charge in [0.05, 0.1) is 0 Å². The van der Waals surface area contributed by atoms with Gasteiger partial charge in [-0.25, -0.2) is 0 Å². The van der Waals surface area contributed by atoms with Crippen LogP contribution in [0, 0.1) is 17.8 Å². The quantitative estimate of drug-likeness (QED) is 0.888.